The van der Waals surface area contributed by atoms with E-state index in [1.807, 2.05) is 24.9 Å². The largest absolute Gasteiger partial charge is 0.361 e. The van der Waals surface area contributed by atoms with Gasteiger partial charge in [-0.05, 0) is 70.3 Å². The van der Waals surface area contributed by atoms with Crippen LogP contribution in [0.3, 0.4) is 0 Å². The maximum absolute atomic E-state index is 12.4. The zero-order valence-electron chi connectivity index (χ0n) is 15.6. The molecule has 0 saturated heterocycles. The number of hydrogen-bond acceptors (Lipinski definition) is 5. The van der Waals surface area contributed by atoms with Gasteiger partial charge in [0.25, 0.3) is 0 Å². The molecule has 1 aromatic rings. The molecule has 7 nitrogen and oxygen atoms in total. The lowest BCUT2D eigenvalue weighted by Gasteiger charge is -2.56. The highest BCUT2D eigenvalue weighted by molar-refractivity contribution is 5.95. The van der Waals surface area contributed by atoms with E-state index in [0.29, 0.717) is 6.54 Å². The highest BCUT2D eigenvalue weighted by Crippen LogP contribution is 2.55. The summed E-state index contributed by atoms with van der Waals surface area (Å²) in [5.74, 6) is 2.72. The number of hydrogen-bond donors (Lipinski definition) is 2. The number of amides is 3. The van der Waals surface area contributed by atoms with Crippen LogP contribution in [0.15, 0.2) is 10.6 Å². The van der Waals surface area contributed by atoms with Crippen molar-refractivity contribution in [1.29, 1.82) is 0 Å². The molecule has 1 aromatic heterocycles. The summed E-state index contributed by atoms with van der Waals surface area (Å²) in [6, 6.07) is 1.50. The van der Waals surface area contributed by atoms with Crippen LogP contribution in [-0.2, 0) is 11.3 Å². The maximum Gasteiger partial charge on any atom is 0.321 e. The Morgan fingerprint density at radius 1 is 1.23 bits per heavy atom. The molecular formula is C19H28N4O3. The molecule has 1 heterocycles. The van der Waals surface area contributed by atoms with Crippen molar-refractivity contribution in [1.82, 2.24) is 20.7 Å². The number of urea groups is 1. The molecular weight excluding hydrogens is 332 g/mol. The standard InChI is InChI=1S/C19H28N4O3/c1-12-3-16(22-26-12)10-23(2)11-17(24)20-18(25)21-19-7-13-4-14(8-19)6-15(5-13)9-19/h3,13-15H,4-11H2,1-2H3,(H2,20,21,24,25). The first kappa shape index (κ1) is 17.5. The summed E-state index contributed by atoms with van der Waals surface area (Å²) >= 11 is 0. The van der Waals surface area contributed by atoms with E-state index in [-0.39, 0.29) is 24.0 Å². The van der Waals surface area contributed by atoms with Gasteiger partial charge in [0, 0.05) is 18.2 Å². The zero-order chi connectivity index (χ0) is 18.3. The zero-order valence-corrected chi connectivity index (χ0v) is 15.6. The molecule has 4 fully saturated rings. The number of nitrogens with one attached hydrogen (secondary N) is 2. The molecule has 0 radical (unpaired) electrons. The SMILES string of the molecule is Cc1cc(CN(C)CC(=O)NC(=O)NC23CC4CC(CC(C4)C2)C3)no1. The first-order chi connectivity index (χ1) is 12.4. The summed E-state index contributed by atoms with van der Waals surface area (Å²) in [5.41, 5.74) is 0.694. The van der Waals surface area contributed by atoms with Crippen LogP contribution in [0, 0.1) is 24.7 Å². The van der Waals surface area contributed by atoms with Crippen molar-refractivity contribution < 1.29 is 14.1 Å². The minimum Gasteiger partial charge on any atom is -0.361 e. The topological polar surface area (TPSA) is 87.5 Å². The van der Waals surface area contributed by atoms with Crippen molar-refractivity contribution in [2.24, 2.45) is 17.8 Å². The van der Waals surface area contributed by atoms with Crippen LogP contribution >= 0.6 is 0 Å². The molecule has 0 unspecified atom stereocenters. The minimum atomic E-state index is -0.345. The third kappa shape index (κ3) is 3.77. The second-order valence-electron chi connectivity index (χ2n) is 8.80. The Morgan fingerprint density at radius 3 is 2.38 bits per heavy atom. The number of carbonyl (C=O) groups is 2. The van der Waals surface area contributed by atoms with Crippen molar-refractivity contribution >= 4 is 11.9 Å². The predicted octanol–water partition coefficient (Wildman–Crippen LogP) is 2.21. The summed E-state index contributed by atoms with van der Waals surface area (Å²) in [6.45, 7) is 2.47. The van der Waals surface area contributed by atoms with Crippen LogP contribution < -0.4 is 10.6 Å². The van der Waals surface area contributed by atoms with Gasteiger partial charge in [-0.25, -0.2) is 4.79 Å². The summed E-state index contributed by atoms with van der Waals surface area (Å²) < 4.78 is 5.03. The lowest BCUT2D eigenvalue weighted by atomic mass is 9.53. The molecule has 142 valence electrons. The molecule has 0 aromatic carbocycles. The van der Waals surface area contributed by atoms with Gasteiger partial charge in [0.1, 0.15) is 5.76 Å². The van der Waals surface area contributed by atoms with Crippen molar-refractivity contribution in [3.63, 3.8) is 0 Å². The lowest BCUT2D eigenvalue weighted by molar-refractivity contribution is -0.121. The number of aromatic nitrogens is 1. The second-order valence-corrected chi connectivity index (χ2v) is 8.80. The number of imide groups is 1. The fraction of sp³-hybridized carbons (Fsp3) is 0.737. The number of rotatable bonds is 5. The second kappa shape index (κ2) is 6.68. The van der Waals surface area contributed by atoms with Crippen molar-refractivity contribution in [2.45, 2.75) is 57.5 Å². The van der Waals surface area contributed by atoms with E-state index in [4.69, 9.17) is 4.52 Å². The van der Waals surface area contributed by atoms with Crippen LogP contribution in [0.25, 0.3) is 0 Å². The molecule has 7 heteroatoms. The molecule has 0 aliphatic heterocycles. The van der Waals surface area contributed by atoms with Crippen LogP contribution in [0.2, 0.25) is 0 Å². The Morgan fingerprint density at radius 2 is 1.85 bits per heavy atom. The van der Waals surface area contributed by atoms with Gasteiger partial charge in [-0.3, -0.25) is 15.0 Å². The molecule has 5 rings (SSSR count). The Kier molecular flexibility index (Phi) is 4.50. The smallest absolute Gasteiger partial charge is 0.321 e. The fourth-order valence-electron chi connectivity index (χ4n) is 5.77. The summed E-state index contributed by atoms with van der Waals surface area (Å²) in [7, 11) is 1.82. The van der Waals surface area contributed by atoms with Crippen molar-refractivity contribution in [2.75, 3.05) is 13.6 Å². The Hall–Kier alpha value is -1.89. The molecule has 2 N–H and O–H groups in total. The van der Waals surface area contributed by atoms with E-state index < -0.39 is 0 Å². The highest BCUT2D eigenvalue weighted by atomic mass is 16.5. The van der Waals surface area contributed by atoms with Gasteiger partial charge in [-0.15, -0.1) is 0 Å². The molecule has 0 spiro atoms. The maximum atomic E-state index is 12.4. The first-order valence-electron chi connectivity index (χ1n) is 9.62. The summed E-state index contributed by atoms with van der Waals surface area (Å²) in [6.07, 6.45) is 7.21. The Balaban J connectivity index is 1.26. The number of aryl methyl sites for hydroxylation is 1. The van der Waals surface area contributed by atoms with Gasteiger partial charge in [-0.1, -0.05) is 5.16 Å². The molecule has 4 aliphatic rings. The van der Waals surface area contributed by atoms with Crippen LogP contribution in [0.5, 0.6) is 0 Å². The fourth-order valence-corrected chi connectivity index (χ4v) is 5.77. The van der Waals surface area contributed by atoms with Crippen LogP contribution in [-0.4, -0.2) is 41.1 Å². The Bertz CT molecular complexity index is 663. The quantitative estimate of drug-likeness (QED) is 0.841. The van der Waals surface area contributed by atoms with Gasteiger partial charge >= 0.3 is 6.03 Å². The van der Waals surface area contributed by atoms with E-state index in [0.717, 1.165) is 48.5 Å². The summed E-state index contributed by atoms with van der Waals surface area (Å²) in [5, 5.41) is 9.59. The van der Waals surface area contributed by atoms with Gasteiger partial charge in [0.15, 0.2) is 0 Å². The van der Waals surface area contributed by atoms with Crippen molar-refractivity contribution in [3.8, 4) is 0 Å². The van der Waals surface area contributed by atoms with Crippen LogP contribution in [0.4, 0.5) is 4.79 Å². The lowest BCUT2D eigenvalue weighted by Crippen LogP contribution is -2.62. The third-order valence-electron chi connectivity index (χ3n) is 6.19. The normalized spacial score (nSPS) is 32.0. The average molecular weight is 360 g/mol. The van der Waals surface area contributed by atoms with Gasteiger partial charge in [-0.2, -0.15) is 0 Å². The highest BCUT2D eigenvalue weighted by Gasteiger charge is 2.51. The van der Waals surface area contributed by atoms with E-state index in [9.17, 15) is 9.59 Å². The number of carbonyl (C=O) groups excluding carboxylic acids is 2. The molecule has 4 bridgehead atoms. The number of nitrogens with zero attached hydrogens (tertiary/aromatic N) is 2. The molecule has 0 atom stereocenters. The van der Waals surface area contributed by atoms with Gasteiger partial charge in [0.05, 0.1) is 12.2 Å². The van der Waals surface area contributed by atoms with E-state index in [1.165, 1.54) is 19.3 Å². The van der Waals surface area contributed by atoms with Gasteiger partial charge in [0.2, 0.25) is 5.91 Å². The molecule has 3 amide bonds. The van der Waals surface area contributed by atoms with Crippen molar-refractivity contribution in [3.05, 3.63) is 17.5 Å². The third-order valence-corrected chi connectivity index (χ3v) is 6.19. The first-order valence-corrected chi connectivity index (χ1v) is 9.62. The van der Waals surface area contributed by atoms with Gasteiger partial charge < -0.3 is 9.84 Å². The molecule has 4 aliphatic carbocycles. The summed E-state index contributed by atoms with van der Waals surface area (Å²) in [4.78, 5) is 26.4. The van der Waals surface area contributed by atoms with E-state index in [1.54, 1.807) is 0 Å². The molecule has 4 saturated carbocycles. The number of likely N-dealkylation sites (N-methyl/N-ethyl adjacent to an activating group) is 1. The molecule has 26 heavy (non-hydrogen) atoms. The van der Waals surface area contributed by atoms with Crippen LogP contribution in [0.1, 0.15) is 50.0 Å². The minimum absolute atomic E-state index is 0.0801. The monoisotopic (exact) mass is 360 g/mol. The predicted molar refractivity (Wildman–Crippen MR) is 95.2 cm³/mol. The van der Waals surface area contributed by atoms with E-state index >= 15 is 0 Å². The Labute approximate surface area is 153 Å². The van der Waals surface area contributed by atoms with E-state index in [2.05, 4.69) is 15.8 Å². The average Bonchev–Trinajstić information content (AvgIpc) is 2.89.